The van der Waals surface area contributed by atoms with Gasteiger partial charge >= 0.3 is 5.97 Å². The first kappa shape index (κ1) is 20.7. The van der Waals surface area contributed by atoms with E-state index in [0.29, 0.717) is 11.5 Å². The van der Waals surface area contributed by atoms with Crippen LogP contribution in [0.4, 0.5) is 0 Å². The first-order valence-corrected chi connectivity index (χ1v) is 10.3. The summed E-state index contributed by atoms with van der Waals surface area (Å²) in [5.41, 5.74) is 1.50. The summed E-state index contributed by atoms with van der Waals surface area (Å²) >= 11 is 0. The van der Waals surface area contributed by atoms with E-state index in [4.69, 9.17) is 9.15 Å². The Bertz CT molecular complexity index is 1120. The van der Waals surface area contributed by atoms with Gasteiger partial charge in [-0.25, -0.2) is 17.5 Å². The van der Waals surface area contributed by atoms with Gasteiger partial charge in [0.15, 0.2) is 6.10 Å². The number of ether oxygens (including phenoxy) is 1. The molecule has 0 radical (unpaired) electrons. The van der Waals surface area contributed by atoms with E-state index < -0.39 is 22.1 Å². The fourth-order valence-electron chi connectivity index (χ4n) is 2.56. The van der Waals surface area contributed by atoms with Crippen molar-refractivity contribution in [2.45, 2.75) is 24.8 Å². The third-order valence-electron chi connectivity index (χ3n) is 4.30. The number of nitrogens with zero attached hydrogens (tertiary/aromatic N) is 3. The van der Waals surface area contributed by atoms with Crippen LogP contribution in [0.15, 0.2) is 57.8 Å². The molecule has 29 heavy (non-hydrogen) atoms. The Morgan fingerprint density at radius 1 is 1.10 bits per heavy atom. The normalized spacial score (nSPS) is 12.7. The van der Waals surface area contributed by atoms with Crippen LogP contribution in [0.1, 0.15) is 34.8 Å². The van der Waals surface area contributed by atoms with Crippen molar-refractivity contribution in [3.05, 3.63) is 65.5 Å². The van der Waals surface area contributed by atoms with Gasteiger partial charge in [0, 0.05) is 19.7 Å². The first-order chi connectivity index (χ1) is 13.7. The largest absolute Gasteiger partial charge is 0.449 e. The maximum Gasteiger partial charge on any atom is 0.339 e. The maximum absolute atomic E-state index is 12.7. The number of carbonyl (C=O) groups excluding carboxylic acids is 1. The Hall–Kier alpha value is -3.04. The Labute approximate surface area is 169 Å². The summed E-state index contributed by atoms with van der Waals surface area (Å²) in [5, 5.41) is 7.92. The van der Waals surface area contributed by atoms with Crippen LogP contribution in [0, 0.1) is 6.92 Å². The molecule has 0 aliphatic heterocycles. The summed E-state index contributed by atoms with van der Waals surface area (Å²) < 4.78 is 36.8. The van der Waals surface area contributed by atoms with E-state index in [0.717, 1.165) is 9.87 Å². The summed E-state index contributed by atoms with van der Waals surface area (Å²) in [6, 6.07) is 13.6. The third-order valence-corrected chi connectivity index (χ3v) is 6.11. The van der Waals surface area contributed by atoms with Gasteiger partial charge in [-0.2, -0.15) is 0 Å². The van der Waals surface area contributed by atoms with Gasteiger partial charge in [-0.1, -0.05) is 24.3 Å². The van der Waals surface area contributed by atoms with Crippen molar-refractivity contribution in [3.8, 4) is 11.5 Å². The fourth-order valence-corrected chi connectivity index (χ4v) is 3.49. The predicted octanol–water partition coefficient (Wildman–Crippen LogP) is 3.21. The second kappa shape index (κ2) is 8.14. The summed E-state index contributed by atoms with van der Waals surface area (Å²) in [5.74, 6) is -0.212. The fraction of sp³-hybridized carbons (Fsp3) is 0.250. The monoisotopic (exact) mass is 415 g/mol. The Kier molecular flexibility index (Phi) is 5.81. The van der Waals surface area contributed by atoms with E-state index >= 15 is 0 Å². The molecule has 0 spiro atoms. The molecule has 1 aromatic heterocycles. The van der Waals surface area contributed by atoms with Crippen LogP contribution in [-0.4, -0.2) is 43.0 Å². The minimum atomic E-state index is -3.67. The number of aryl methyl sites for hydroxylation is 1. The molecule has 1 unspecified atom stereocenters. The highest BCUT2D eigenvalue weighted by Crippen LogP contribution is 2.24. The molecule has 0 saturated carbocycles. The molecule has 3 rings (SSSR count). The van der Waals surface area contributed by atoms with E-state index in [9.17, 15) is 13.2 Å². The second-order valence-corrected chi connectivity index (χ2v) is 8.78. The molecule has 0 N–H and O–H groups in total. The molecule has 0 fully saturated rings. The Balaban J connectivity index is 1.81. The smallest absolute Gasteiger partial charge is 0.339 e. The molecule has 0 saturated heterocycles. The maximum atomic E-state index is 12.7. The highest BCUT2D eigenvalue weighted by Gasteiger charge is 2.24. The van der Waals surface area contributed by atoms with E-state index in [1.807, 2.05) is 30.3 Å². The lowest BCUT2D eigenvalue weighted by molar-refractivity contribution is 0.0278. The minimum Gasteiger partial charge on any atom is -0.449 e. The van der Waals surface area contributed by atoms with Crippen molar-refractivity contribution < 1.29 is 22.4 Å². The molecule has 0 bridgehead atoms. The van der Waals surface area contributed by atoms with E-state index in [1.165, 1.54) is 26.2 Å². The number of esters is 1. The molecule has 152 valence electrons. The van der Waals surface area contributed by atoms with Gasteiger partial charge in [-0.05, 0) is 43.7 Å². The molecule has 2 aromatic carbocycles. The average Bonchev–Trinajstić information content (AvgIpc) is 3.19. The van der Waals surface area contributed by atoms with Gasteiger partial charge < -0.3 is 9.15 Å². The summed E-state index contributed by atoms with van der Waals surface area (Å²) in [6.45, 7) is 3.31. The van der Waals surface area contributed by atoms with Crippen molar-refractivity contribution >= 4 is 16.0 Å². The Morgan fingerprint density at radius 3 is 2.45 bits per heavy atom. The van der Waals surface area contributed by atoms with Crippen molar-refractivity contribution in [1.29, 1.82) is 0 Å². The minimum absolute atomic E-state index is 0.0110. The molecule has 3 aromatic rings. The predicted molar refractivity (Wildman–Crippen MR) is 106 cm³/mol. The topological polar surface area (TPSA) is 103 Å². The van der Waals surface area contributed by atoms with Gasteiger partial charge in [-0.15, -0.1) is 10.2 Å². The summed E-state index contributed by atoms with van der Waals surface area (Å²) in [4.78, 5) is 12.7. The number of hydrogen-bond acceptors (Lipinski definition) is 7. The molecule has 8 nitrogen and oxygen atoms in total. The number of carbonyl (C=O) groups is 1. The van der Waals surface area contributed by atoms with Gasteiger partial charge in [0.2, 0.25) is 15.9 Å². The van der Waals surface area contributed by atoms with E-state index in [1.54, 1.807) is 19.9 Å². The van der Waals surface area contributed by atoms with Gasteiger partial charge in [-0.3, -0.25) is 0 Å². The SMILES string of the molecule is Cc1ccc(S(=O)(=O)N(C)C)cc1C(=O)OC(C)c1nnc(-c2ccccc2)o1. The molecule has 9 heteroatoms. The van der Waals surface area contributed by atoms with Crippen LogP contribution >= 0.6 is 0 Å². The zero-order valence-electron chi connectivity index (χ0n) is 16.5. The van der Waals surface area contributed by atoms with Crippen molar-refractivity contribution in [3.63, 3.8) is 0 Å². The zero-order chi connectivity index (χ0) is 21.2. The second-order valence-electron chi connectivity index (χ2n) is 6.62. The molecule has 1 heterocycles. The van der Waals surface area contributed by atoms with Crippen LogP contribution in [0.5, 0.6) is 0 Å². The van der Waals surface area contributed by atoms with Gasteiger partial charge in [0.25, 0.3) is 5.89 Å². The van der Waals surface area contributed by atoms with Crippen LogP contribution in [0.25, 0.3) is 11.5 Å². The van der Waals surface area contributed by atoms with Gasteiger partial charge in [0.1, 0.15) is 0 Å². The summed E-state index contributed by atoms with van der Waals surface area (Å²) in [6.07, 6.45) is -0.805. The number of hydrogen-bond donors (Lipinski definition) is 0. The van der Waals surface area contributed by atoms with Crippen molar-refractivity contribution in [2.24, 2.45) is 0 Å². The van der Waals surface area contributed by atoms with Crippen LogP contribution in [0.3, 0.4) is 0 Å². The number of aromatic nitrogens is 2. The lowest BCUT2D eigenvalue weighted by Gasteiger charge is -2.14. The molecular formula is C20H21N3O5S. The number of benzene rings is 2. The van der Waals surface area contributed by atoms with Crippen LogP contribution in [-0.2, 0) is 14.8 Å². The Morgan fingerprint density at radius 2 is 1.79 bits per heavy atom. The van der Waals surface area contributed by atoms with E-state index in [2.05, 4.69) is 10.2 Å². The highest BCUT2D eigenvalue weighted by atomic mass is 32.2. The highest BCUT2D eigenvalue weighted by molar-refractivity contribution is 7.89. The van der Waals surface area contributed by atoms with Gasteiger partial charge in [0.05, 0.1) is 10.5 Å². The standard InChI is InChI=1S/C20H21N3O5S/c1-13-10-11-16(29(25,26)23(3)4)12-17(13)20(24)27-14(2)18-21-22-19(28-18)15-8-6-5-7-9-15/h5-12,14H,1-4H3. The third kappa shape index (κ3) is 4.36. The van der Waals surface area contributed by atoms with Crippen LogP contribution < -0.4 is 0 Å². The van der Waals surface area contributed by atoms with Crippen molar-refractivity contribution in [2.75, 3.05) is 14.1 Å². The number of rotatable bonds is 6. The molecule has 0 aliphatic carbocycles. The quantitative estimate of drug-likeness (QED) is 0.570. The lowest BCUT2D eigenvalue weighted by atomic mass is 10.1. The molecule has 0 aliphatic rings. The zero-order valence-corrected chi connectivity index (χ0v) is 17.3. The number of sulfonamides is 1. The van der Waals surface area contributed by atoms with Crippen molar-refractivity contribution in [1.82, 2.24) is 14.5 Å². The average molecular weight is 415 g/mol. The summed E-state index contributed by atoms with van der Waals surface area (Å²) in [7, 11) is -0.821. The first-order valence-electron chi connectivity index (χ1n) is 8.83. The lowest BCUT2D eigenvalue weighted by Crippen LogP contribution is -2.22. The molecule has 1 atom stereocenters. The van der Waals surface area contributed by atoms with E-state index in [-0.39, 0.29) is 16.3 Å². The van der Waals surface area contributed by atoms with Crippen LogP contribution in [0.2, 0.25) is 0 Å². The molecular weight excluding hydrogens is 394 g/mol. The molecule has 0 amide bonds.